The van der Waals surface area contributed by atoms with Gasteiger partial charge in [-0.2, -0.15) is 0 Å². The molecule has 4 heteroatoms. The molecule has 2 aliphatic heterocycles. The molecule has 1 aliphatic carbocycles. The quantitative estimate of drug-likeness (QED) is 0.818. The number of fused-ring (bicyclic) bond motifs is 1. The average molecular weight is 317 g/mol. The highest BCUT2D eigenvalue weighted by molar-refractivity contribution is 5.39. The standard InChI is InChI=1S/C19H27NO3/c1-2-7-18-16(6-1)17(13-19(23-18)8-4-9-19)20-10-12-21-14-15-5-3-11-22-15/h1-2,6-7,15,17,20H,3-5,8-14H2. The van der Waals surface area contributed by atoms with Crippen LogP contribution in [0.1, 0.15) is 50.1 Å². The van der Waals surface area contributed by atoms with Crippen molar-refractivity contribution in [1.82, 2.24) is 5.32 Å². The van der Waals surface area contributed by atoms with Crippen molar-refractivity contribution in [3.05, 3.63) is 29.8 Å². The molecule has 0 amide bonds. The van der Waals surface area contributed by atoms with Gasteiger partial charge in [-0.15, -0.1) is 0 Å². The minimum Gasteiger partial charge on any atom is -0.487 e. The summed E-state index contributed by atoms with van der Waals surface area (Å²) in [4.78, 5) is 0. The van der Waals surface area contributed by atoms with Gasteiger partial charge in [-0.05, 0) is 38.2 Å². The summed E-state index contributed by atoms with van der Waals surface area (Å²) in [6, 6.07) is 8.84. The molecule has 2 heterocycles. The third-order valence-electron chi connectivity index (χ3n) is 5.43. The van der Waals surface area contributed by atoms with Crippen molar-refractivity contribution in [3.8, 4) is 5.75 Å². The predicted molar refractivity (Wildman–Crippen MR) is 88.8 cm³/mol. The van der Waals surface area contributed by atoms with Gasteiger partial charge in [0.1, 0.15) is 11.4 Å². The van der Waals surface area contributed by atoms with Crippen LogP contribution in [0.2, 0.25) is 0 Å². The molecular formula is C19H27NO3. The van der Waals surface area contributed by atoms with Crippen molar-refractivity contribution < 1.29 is 14.2 Å². The Hall–Kier alpha value is -1.10. The van der Waals surface area contributed by atoms with Gasteiger partial charge in [0.15, 0.2) is 0 Å². The number of ether oxygens (including phenoxy) is 3. The molecule has 1 spiro atoms. The van der Waals surface area contributed by atoms with Crippen LogP contribution in [0.15, 0.2) is 24.3 Å². The van der Waals surface area contributed by atoms with Crippen molar-refractivity contribution in [2.45, 2.75) is 56.3 Å². The lowest BCUT2D eigenvalue weighted by atomic mass is 9.73. The highest BCUT2D eigenvalue weighted by Crippen LogP contribution is 2.48. The molecule has 1 saturated heterocycles. The maximum absolute atomic E-state index is 6.29. The molecule has 0 aromatic heterocycles. The SMILES string of the molecule is c1ccc2c(c1)OC1(CCC1)CC2NCCOCC1CCCO1. The van der Waals surface area contributed by atoms with Gasteiger partial charge >= 0.3 is 0 Å². The molecule has 2 unspecified atom stereocenters. The first-order valence-electron chi connectivity index (χ1n) is 9.05. The maximum Gasteiger partial charge on any atom is 0.124 e. The van der Waals surface area contributed by atoms with Crippen molar-refractivity contribution in [1.29, 1.82) is 0 Å². The molecule has 3 aliphatic rings. The molecule has 23 heavy (non-hydrogen) atoms. The Morgan fingerprint density at radius 1 is 1.22 bits per heavy atom. The van der Waals surface area contributed by atoms with E-state index in [-0.39, 0.29) is 5.60 Å². The van der Waals surface area contributed by atoms with Crippen LogP contribution >= 0.6 is 0 Å². The van der Waals surface area contributed by atoms with Gasteiger partial charge in [-0.25, -0.2) is 0 Å². The summed E-state index contributed by atoms with van der Waals surface area (Å²) in [6.07, 6.45) is 7.38. The summed E-state index contributed by atoms with van der Waals surface area (Å²) in [6.45, 7) is 3.25. The number of para-hydroxylation sites is 1. The first kappa shape index (κ1) is 15.4. The third kappa shape index (κ3) is 3.39. The van der Waals surface area contributed by atoms with E-state index in [2.05, 4.69) is 29.6 Å². The summed E-state index contributed by atoms with van der Waals surface area (Å²) in [7, 11) is 0. The van der Waals surface area contributed by atoms with Crippen LogP contribution in [0.5, 0.6) is 5.75 Å². The number of nitrogens with one attached hydrogen (secondary N) is 1. The average Bonchev–Trinajstić information content (AvgIpc) is 3.06. The minimum atomic E-state index is 0.0879. The van der Waals surface area contributed by atoms with Crippen molar-refractivity contribution in [2.24, 2.45) is 0 Å². The number of hydrogen-bond acceptors (Lipinski definition) is 4. The normalized spacial score (nSPS) is 28.2. The Kier molecular flexibility index (Phi) is 4.56. The van der Waals surface area contributed by atoms with E-state index in [4.69, 9.17) is 14.2 Å². The van der Waals surface area contributed by atoms with Crippen molar-refractivity contribution >= 4 is 0 Å². The topological polar surface area (TPSA) is 39.7 Å². The highest BCUT2D eigenvalue weighted by Gasteiger charge is 2.45. The lowest BCUT2D eigenvalue weighted by Gasteiger charge is -2.48. The van der Waals surface area contributed by atoms with E-state index in [1.54, 1.807) is 0 Å². The van der Waals surface area contributed by atoms with E-state index in [9.17, 15) is 0 Å². The lowest BCUT2D eigenvalue weighted by molar-refractivity contribution is -0.0380. The lowest BCUT2D eigenvalue weighted by Crippen LogP contribution is -2.49. The molecule has 4 nitrogen and oxygen atoms in total. The highest BCUT2D eigenvalue weighted by atomic mass is 16.5. The van der Waals surface area contributed by atoms with Gasteiger partial charge in [0.25, 0.3) is 0 Å². The fourth-order valence-corrected chi connectivity index (χ4v) is 3.97. The smallest absolute Gasteiger partial charge is 0.124 e. The molecule has 2 atom stereocenters. The second-order valence-electron chi connectivity index (χ2n) is 7.10. The Morgan fingerprint density at radius 2 is 2.13 bits per heavy atom. The van der Waals surface area contributed by atoms with E-state index >= 15 is 0 Å². The predicted octanol–water partition coefficient (Wildman–Crippen LogP) is 3.22. The Balaban J connectivity index is 1.29. The number of benzene rings is 1. The molecule has 2 fully saturated rings. The van der Waals surface area contributed by atoms with Crippen LogP contribution in [0.4, 0.5) is 0 Å². The van der Waals surface area contributed by atoms with Crippen LogP contribution in [-0.2, 0) is 9.47 Å². The molecule has 4 rings (SSSR count). The molecule has 1 aromatic rings. The van der Waals surface area contributed by atoms with Crippen LogP contribution in [0.3, 0.4) is 0 Å². The molecule has 1 N–H and O–H groups in total. The molecule has 0 radical (unpaired) electrons. The Morgan fingerprint density at radius 3 is 2.91 bits per heavy atom. The second kappa shape index (κ2) is 6.80. The summed E-state index contributed by atoms with van der Waals surface area (Å²) in [5.74, 6) is 1.07. The largest absolute Gasteiger partial charge is 0.487 e. The van der Waals surface area contributed by atoms with E-state index in [0.717, 1.165) is 45.0 Å². The first-order chi connectivity index (χ1) is 11.3. The van der Waals surface area contributed by atoms with Crippen molar-refractivity contribution in [3.63, 3.8) is 0 Å². The van der Waals surface area contributed by atoms with Gasteiger partial charge in [0, 0.05) is 31.2 Å². The van der Waals surface area contributed by atoms with Gasteiger partial charge < -0.3 is 19.5 Å². The number of hydrogen-bond donors (Lipinski definition) is 1. The van der Waals surface area contributed by atoms with Gasteiger partial charge in [0.2, 0.25) is 0 Å². The van der Waals surface area contributed by atoms with Crippen LogP contribution < -0.4 is 10.1 Å². The van der Waals surface area contributed by atoms with Crippen LogP contribution in [0.25, 0.3) is 0 Å². The fraction of sp³-hybridized carbons (Fsp3) is 0.684. The fourth-order valence-electron chi connectivity index (χ4n) is 3.97. The van der Waals surface area contributed by atoms with Gasteiger partial charge in [-0.3, -0.25) is 0 Å². The molecule has 1 saturated carbocycles. The van der Waals surface area contributed by atoms with E-state index < -0.39 is 0 Å². The Labute approximate surface area is 138 Å². The summed E-state index contributed by atoms with van der Waals surface area (Å²) < 4.78 is 17.6. The third-order valence-corrected chi connectivity index (χ3v) is 5.43. The molecule has 0 bridgehead atoms. The monoisotopic (exact) mass is 317 g/mol. The zero-order chi connectivity index (χ0) is 15.5. The van der Waals surface area contributed by atoms with Crippen LogP contribution in [-0.4, -0.2) is 38.1 Å². The maximum atomic E-state index is 6.29. The summed E-state index contributed by atoms with van der Waals surface area (Å²) >= 11 is 0. The minimum absolute atomic E-state index is 0.0879. The number of rotatable bonds is 6. The molecule has 126 valence electrons. The second-order valence-corrected chi connectivity index (χ2v) is 7.10. The zero-order valence-electron chi connectivity index (χ0n) is 13.8. The summed E-state index contributed by atoms with van der Waals surface area (Å²) in [5.41, 5.74) is 1.38. The molecule has 1 aromatic carbocycles. The van der Waals surface area contributed by atoms with Crippen LogP contribution in [0, 0.1) is 0 Å². The van der Waals surface area contributed by atoms with Gasteiger partial charge in [0.05, 0.1) is 19.3 Å². The zero-order valence-corrected chi connectivity index (χ0v) is 13.8. The van der Waals surface area contributed by atoms with E-state index in [1.807, 2.05) is 0 Å². The van der Waals surface area contributed by atoms with E-state index in [1.165, 1.54) is 31.2 Å². The molecular weight excluding hydrogens is 290 g/mol. The summed E-state index contributed by atoms with van der Waals surface area (Å²) in [5, 5.41) is 3.68. The first-order valence-corrected chi connectivity index (χ1v) is 9.05. The van der Waals surface area contributed by atoms with E-state index in [0.29, 0.717) is 12.1 Å². The van der Waals surface area contributed by atoms with Crippen molar-refractivity contribution in [2.75, 3.05) is 26.4 Å². The van der Waals surface area contributed by atoms with Gasteiger partial charge in [-0.1, -0.05) is 18.2 Å². The Bertz CT molecular complexity index is 523.